The number of nitrogens with zero attached hydrogens (tertiary/aromatic N) is 1. The molecule has 1 aliphatic carbocycles. The molecule has 1 fully saturated rings. The maximum atomic E-state index is 12.8. The zero-order chi connectivity index (χ0) is 15.4. The van der Waals surface area contributed by atoms with Crippen LogP contribution >= 0.6 is 0 Å². The van der Waals surface area contributed by atoms with Gasteiger partial charge in [-0.15, -0.1) is 0 Å². The Hall–Kier alpha value is -1.75. The predicted octanol–water partition coefficient (Wildman–Crippen LogP) is 2.16. The lowest BCUT2D eigenvalue weighted by atomic mass is 10.1. The van der Waals surface area contributed by atoms with Crippen LogP contribution < -0.4 is 10.5 Å². The Morgan fingerprint density at radius 3 is 2.67 bits per heavy atom. The molecule has 2 N–H and O–H groups in total. The number of ether oxygens (including phenoxy) is 2. The van der Waals surface area contributed by atoms with Gasteiger partial charge in [-0.3, -0.25) is 4.79 Å². The summed E-state index contributed by atoms with van der Waals surface area (Å²) in [6.07, 6.45) is 2.39. The molecule has 0 aromatic heterocycles. The molecule has 0 saturated heterocycles. The van der Waals surface area contributed by atoms with E-state index in [0.29, 0.717) is 36.1 Å². The fraction of sp³-hybridized carbons (Fsp3) is 0.562. The zero-order valence-electron chi connectivity index (χ0n) is 13.0. The highest BCUT2D eigenvalue weighted by molar-refractivity contribution is 5.95. The number of anilines is 1. The van der Waals surface area contributed by atoms with Crippen LogP contribution in [0.15, 0.2) is 18.2 Å². The fourth-order valence-electron chi connectivity index (χ4n) is 2.54. The van der Waals surface area contributed by atoms with Crippen molar-refractivity contribution in [2.24, 2.45) is 5.92 Å². The Morgan fingerprint density at radius 2 is 2.10 bits per heavy atom. The van der Waals surface area contributed by atoms with E-state index in [1.165, 1.54) is 12.8 Å². The molecule has 0 spiro atoms. The summed E-state index contributed by atoms with van der Waals surface area (Å²) in [5.41, 5.74) is 6.94. The predicted molar refractivity (Wildman–Crippen MR) is 82.5 cm³/mol. The third-order valence-corrected chi connectivity index (χ3v) is 4.00. The van der Waals surface area contributed by atoms with Crippen molar-refractivity contribution in [1.82, 2.24) is 4.90 Å². The molecule has 5 heteroatoms. The molecule has 1 atom stereocenters. The maximum Gasteiger partial charge on any atom is 0.254 e. The van der Waals surface area contributed by atoms with E-state index in [1.807, 2.05) is 4.90 Å². The second-order valence-corrected chi connectivity index (χ2v) is 5.56. The highest BCUT2D eigenvalue weighted by Gasteiger charge is 2.34. The second kappa shape index (κ2) is 6.80. The van der Waals surface area contributed by atoms with Gasteiger partial charge in [0.05, 0.1) is 13.7 Å². The van der Waals surface area contributed by atoms with Crippen LogP contribution in [0.2, 0.25) is 0 Å². The molecule has 0 heterocycles. The van der Waals surface area contributed by atoms with Gasteiger partial charge in [-0.1, -0.05) is 0 Å². The van der Waals surface area contributed by atoms with Crippen molar-refractivity contribution < 1.29 is 14.3 Å². The van der Waals surface area contributed by atoms with Gasteiger partial charge >= 0.3 is 0 Å². The average Bonchev–Trinajstić information content (AvgIpc) is 3.31. The van der Waals surface area contributed by atoms with Crippen molar-refractivity contribution in [3.05, 3.63) is 23.8 Å². The van der Waals surface area contributed by atoms with E-state index in [0.717, 1.165) is 0 Å². The fourth-order valence-corrected chi connectivity index (χ4v) is 2.54. The second-order valence-electron chi connectivity index (χ2n) is 5.56. The summed E-state index contributed by atoms with van der Waals surface area (Å²) in [4.78, 5) is 14.7. The van der Waals surface area contributed by atoms with E-state index in [9.17, 15) is 4.79 Å². The third-order valence-electron chi connectivity index (χ3n) is 4.00. The molecule has 1 amide bonds. The largest absolute Gasteiger partial charge is 0.497 e. The Labute approximate surface area is 126 Å². The maximum absolute atomic E-state index is 12.8. The van der Waals surface area contributed by atoms with Crippen molar-refractivity contribution >= 4 is 11.6 Å². The molecule has 1 aromatic rings. The first-order valence-electron chi connectivity index (χ1n) is 7.31. The molecule has 1 saturated carbocycles. The van der Waals surface area contributed by atoms with E-state index < -0.39 is 0 Å². The Bertz CT molecular complexity index is 500. The van der Waals surface area contributed by atoms with Gasteiger partial charge < -0.3 is 20.1 Å². The summed E-state index contributed by atoms with van der Waals surface area (Å²) in [7, 11) is 3.21. The monoisotopic (exact) mass is 292 g/mol. The summed E-state index contributed by atoms with van der Waals surface area (Å²) < 4.78 is 10.3. The van der Waals surface area contributed by atoms with Crippen LogP contribution in [0.4, 0.5) is 5.69 Å². The van der Waals surface area contributed by atoms with Crippen molar-refractivity contribution in [3.63, 3.8) is 0 Å². The quantitative estimate of drug-likeness (QED) is 0.782. The van der Waals surface area contributed by atoms with Crippen LogP contribution in [-0.2, 0) is 4.74 Å². The highest BCUT2D eigenvalue weighted by atomic mass is 16.5. The molecule has 2 rings (SSSR count). The number of hydrogen-bond donors (Lipinski definition) is 1. The minimum Gasteiger partial charge on any atom is -0.497 e. The molecular formula is C16H24N2O3. The van der Waals surface area contributed by atoms with Crippen LogP contribution in [0.5, 0.6) is 5.75 Å². The van der Waals surface area contributed by atoms with E-state index in [-0.39, 0.29) is 11.9 Å². The summed E-state index contributed by atoms with van der Waals surface area (Å²) >= 11 is 0. The van der Waals surface area contributed by atoms with Gasteiger partial charge in [-0.25, -0.2) is 0 Å². The zero-order valence-corrected chi connectivity index (χ0v) is 13.0. The molecule has 1 unspecified atom stereocenters. The topological polar surface area (TPSA) is 64.8 Å². The number of methoxy groups -OCH3 is 2. The molecule has 21 heavy (non-hydrogen) atoms. The number of nitrogens with two attached hydrogens (primary N) is 1. The first-order valence-corrected chi connectivity index (χ1v) is 7.31. The normalized spacial score (nSPS) is 15.6. The first kappa shape index (κ1) is 15.6. The van der Waals surface area contributed by atoms with Gasteiger partial charge in [-0.05, 0) is 37.8 Å². The summed E-state index contributed by atoms with van der Waals surface area (Å²) in [5, 5.41) is 0. The van der Waals surface area contributed by atoms with Gasteiger partial charge in [-0.2, -0.15) is 0 Å². The molecular weight excluding hydrogens is 268 g/mol. The number of carbonyl (C=O) groups is 1. The van der Waals surface area contributed by atoms with Gasteiger partial charge in [0.1, 0.15) is 5.75 Å². The number of amides is 1. The lowest BCUT2D eigenvalue weighted by Gasteiger charge is -2.29. The number of hydrogen-bond acceptors (Lipinski definition) is 4. The Kier molecular flexibility index (Phi) is 5.07. The van der Waals surface area contributed by atoms with E-state index in [2.05, 4.69) is 6.92 Å². The van der Waals surface area contributed by atoms with E-state index in [4.69, 9.17) is 15.2 Å². The van der Waals surface area contributed by atoms with Crippen LogP contribution in [0.1, 0.15) is 30.1 Å². The SMILES string of the molecule is COCCN(C(=O)c1cc(N)cc(OC)c1)C(C)C1CC1. The number of benzene rings is 1. The number of carbonyl (C=O) groups excluding carboxylic acids is 1. The van der Waals surface area contributed by atoms with Crippen molar-refractivity contribution in [3.8, 4) is 5.75 Å². The molecule has 1 aliphatic rings. The van der Waals surface area contributed by atoms with Crippen LogP contribution in [0, 0.1) is 5.92 Å². The van der Waals surface area contributed by atoms with Gasteiger partial charge in [0, 0.05) is 37.0 Å². The lowest BCUT2D eigenvalue weighted by molar-refractivity contribution is 0.0594. The minimum atomic E-state index is -0.0166. The standard InChI is InChI=1S/C16H24N2O3/c1-11(12-4-5-12)18(6-7-20-2)16(19)13-8-14(17)10-15(9-13)21-3/h8-12H,4-7,17H2,1-3H3. The summed E-state index contributed by atoms with van der Waals surface area (Å²) in [5.74, 6) is 1.19. The Morgan fingerprint density at radius 1 is 1.38 bits per heavy atom. The van der Waals surface area contributed by atoms with Crippen molar-refractivity contribution in [2.45, 2.75) is 25.8 Å². The van der Waals surface area contributed by atoms with Crippen molar-refractivity contribution in [2.75, 3.05) is 33.1 Å². The van der Waals surface area contributed by atoms with Crippen LogP contribution in [0.25, 0.3) is 0 Å². The summed E-state index contributed by atoms with van der Waals surface area (Å²) in [6.45, 7) is 3.22. The third kappa shape index (κ3) is 3.88. The smallest absolute Gasteiger partial charge is 0.254 e. The Balaban J connectivity index is 2.21. The minimum absolute atomic E-state index is 0.0166. The lowest BCUT2D eigenvalue weighted by Crippen LogP contribution is -2.42. The number of nitrogen functional groups attached to an aromatic ring is 1. The van der Waals surface area contributed by atoms with Crippen molar-refractivity contribution in [1.29, 1.82) is 0 Å². The molecule has 0 bridgehead atoms. The molecule has 5 nitrogen and oxygen atoms in total. The highest BCUT2D eigenvalue weighted by Crippen LogP contribution is 2.35. The van der Waals surface area contributed by atoms with E-state index in [1.54, 1.807) is 32.4 Å². The van der Waals surface area contributed by atoms with E-state index >= 15 is 0 Å². The van der Waals surface area contributed by atoms with Gasteiger partial charge in [0.15, 0.2) is 0 Å². The van der Waals surface area contributed by atoms with Gasteiger partial charge in [0.25, 0.3) is 5.91 Å². The number of rotatable bonds is 7. The molecule has 0 aliphatic heterocycles. The molecule has 1 aromatic carbocycles. The van der Waals surface area contributed by atoms with Crippen LogP contribution in [0.3, 0.4) is 0 Å². The molecule has 0 radical (unpaired) electrons. The summed E-state index contributed by atoms with van der Waals surface area (Å²) in [6, 6.07) is 5.36. The first-order chi connectivity index (χ1) is 10.1. The van der Waals surface area contributed by atoms with Gasteiger partial charge in [0.2, 0.25) is 0 Å². The average molecular weight is 292 g/mol. The molecule has 116 valence electrons. The van der Waals surface area contributed by atoms with Crippen LogP contribution in [-0.4, -0.2) is 44.2 Å².